The predicted octanol–water partition coefficient (Wildman–Crippen LogP) is 3.80. The lowest BCUT2D eigenvalue weighted by Crippen LogP contribution is -2.37. The molecule has 3 nitrogen and oxygen atoms in total. The largest absolute Gasteiger partial charge is 0.351 e. The first-order valence-corrected chi connectivity index (χ1v) is 8.03. The monoisotopic (exact) mass is 319 g/mol. The fraction of sp³-hybridized carbons (Fsp3) is 0.444. The summed E-state index contributed by atoms with van der Waals surface area (Å²) in [6.45, 7) is 5.47. The van der Waals surface area contributed by atoms with Crippen LogP contribution in [0.4, 0.5) is 14.6 Å². The zero-order valence-electron chi connectivity index (χ0n) is 13.6. The second-order valence-corrected chi connectivity index (χ2v) is 6.77. The van der Waals surface area contributed by atoms with Gasteiger partial charge in [0.05, 0.1) is 11.6 Å². The van der Waals surface area contributed by atoms with Crippen molar-refractivity contribution in [2.75, 3.05) is 18.0 Å². The maximum atomic E-state index is 14.2. The third-order valence-corrected chi connectivity index (χ3v) is 4.74. The number of nitrogens with two attached hydrogens (primary N) is 1. The van der Waals surface area contributed by atoms with Crippen molar-refractivity contribution >= 4 is 5.82 Å². The molecule has 0 unspecified atom stereocenters. The summed E-state index contributed by atoms with van der Waals surface area (Å²) in [5, 5.41) is 0. The number of rotatable bonds is 4. The van der Waals surface area contributed by atoms with Crippen molar-refractivity contribution in [3.05, 3.63) is 53.7 Å². The molecule has 0 saturated carbocycles. The van der Waals surface area contributed by atoms with Gasteiger partial charge >= 0.3 is 0 Å². The quantitative estimate of drug-likeness (QED) is 0.930. The number of halogens is 2. The Morgan fingerprint density at radius 3 is 2.78 bits per heavy atom. The highest BCUT2D eigenvalue weighted by Crippen LogP contribution is 2.39. The maximum Gasteiger partial charge on any atom is 0.128 e. The highest BCUT2D eigenvalue weighted by Gasteiger charge is 2.32. The first kappa shape index (κ1) is 16.0. The van der Waals surface area contributed by atoms with Gasteiger partial charge in [0.1, 0.15) is 17.5 Å². The van der Waals surface area contributed by atoms with Crippen molar-refractivity contribution in [3.8, 4) is 0 Å². The number of benzene rings is 1. The Morgan fingerprint density at radius 2 is 2.04 bits per heavy atom. The van der Waals surface area contributed by atoms with Crippen LogP contribution in [0.3, 0.4) is 0 Å². The van der Waals surface area contributed by atoms with E-state index >= 15 is 0 Å². The van der Waals surface area contributed by atoms with Gasteiger partial charge in [0.15, 0.2) is 0 Å². The molecule has 1 aliphatic heterocycles. The van der Waals surface area contributed by atoms with Crippen LogP contribution in [0.5, 0.6) is 0 Å². The van der Waals surface area contributed by atoms with Crippen molar-refractivity contribution in [1.82, 2.24) is 4.57 Å². The van der Waals surface area contributed by atoms with Crippen LogP contribution < -0.4 is 10.6 Å². The first-order chi connectivity index (χ1) is 10.9. The molecule has 1 atom stereocenters. The van der Waals surface area contributed by atoms with Crippen LogP contribution in [0.25, 0.3) is 0 Å². The minimum atomic E-state index is -0.397. The third-order valence-electron chi connectivity index (χ3n) is 4.74. The van der Waals surface area contributed by atoms with Crippen molar-refractivity contribution in [1.29, 1.82) is 0 Å². The highest BCUT2D eigenvalue weighted by atomic mass is 19.1. The summed E-state index contributed by atoms with van der Waals surface area (Å²) in [4.78, 5) is 2.16. The molecule has 2 heterocycles. The van der Waals surface area contributed by atoms with Gasteiger partial charge in [0.2, 0.25) is 0 Å². The molecular formula is C18H23F2N3. The fourth-order valence-corrected chi connectivity index (χ4v) is 3.35. The second-order valence-electron chi connectivity index (χ2n) is 6.77. The van der Waals surface area contributed by atoms with E-state index in [9.17, 15) is 8.78 Å². The Balaban J connectivity index is 2.00. The summed E-state index contributed by atoms with van der Waals surface area (Å²) < 4.78 is 29.9. The number of anilines is 1. The van der Waals surface area contributed by atoms with E-state index in [0.29, 0.717) is 12.1 Å². The van der Waals surface area contributed by atoms with Crippen molar-refractivity contribution < 1.29 is 8.78 Å². The van der Waals surface area contributed by atoms with E-state index in [1.807, 2.05) is 18.3 Å². The Labute approximate surface area is 135 Å². The van der Waals surface area contributed by atoms with E-state index in [2.05, 4.69) is 23.3 Å². The number of aromatic nitrogens is 1. The molecule has 1 fully saturated rings. The topological polar surface area (TPSA) is 34.2 Å². The summed E-state index contributed by atoms with van der Waals surface area (Å²) in [5.74, 6) is 0.261. The molecule has 5 heteroatoms. The number of nitrogens with zero attached hydrogens (tertiary/aromatic N) is 2. The van der Waals surface area contributed by atoms with Crippen molar-refractivity contribution in [2.24, 2.45) is 5.73 Å². The SMILES string of the molecule is CC(C)(CN)n1cccc1N1CCC[C@@H]1c1cc(F)ccc1F. The highest BCUT2D eigenvalue weighted by molar-refractivity contribution is 5.47. The van der Waals surface area contributed by atoms with E-state index < -0.39 is 5.82 Å². The van der Waals surface area contributed by atoms with E-state index in [-0.39, 0.29) is 17.4 Å². The van der Waals surface area contributed by atoms with Crippen LogP contribution in [0.15, 0.2) is 36.5 Å². The van der Waals surface area contributed by atoms with Gasteiger partial charge in [0.25, 0.3) is 0 Å². The average molecular weight is 319 g/mol. The van der Waals surface area contributed by atoms with Crippen LogP contribution in [0.1, 0.15) is 38.3 Å². The summed E-state index contributed by atoms with van der Waals surface area (Å²) in [5.41, 5.74) is 6.11. The van der Waals surface area contributed by atoms with E-state index in [0.717, 1.165) is 25.2 Å². The lowest BCUT2D eigenvalue weighted by atomic mass is 10.0. The van der Waals surface area contributed by atoms with Gasteiger partial charge in [-0.1, -0.05) is 0 Å². The molecule has 1 aliphatic rings. The van der Waals surface area contributed by atoms with Gasteiger partial charge in [-0.25, -0.2) is 8.78 Å². The second kappa shape index (κ2) is 5.96. The Bertz CT molecular complexity index is 693. The fourth-order valence-electron chi connectivity index (χ4n) is 3.35. The lowest BCUT2D eigenvalue weighted by Gasteiger charge is -2.34. The molecule has 124 valence electrons. The van der Waals surface area contributed by atoms with Gasteiger partial charge in [-0.3, -0.25) is 0 Å². The maximum absolute atomic E-state index is 14.2. The molecule has 0 aliphatic carbocycles. The first-order valence-electron chi connectivity index (χ1n) is 8.03. The molecule has 0 bridgehead atoms. The third kappa shape index (κ3) is 2.85. The van der Waals surface area contributed by atoms with Crippen LogP contribution in [-0.2, 0) is 5.54 Å². The zero-order valence-corrected chi connectivity index (χ0v) is 13.6. The minimum Gasteiger partial charge on any atom is -0.351 e. The lowest BCUT2D eigenvalue weighted by molar-refractivity contribution is 0.367. The Hall–Kier alpha value is -1.88. The van der Waals surface area contributed by atoms with Gasteiger partial charge in [-0.05, 0) is 57.0 Å². The van der Waals surface area contributed by atoms with Gasteiger partial charge in [0, 0.05) is 24.8 Å². The Kier molecular flexibility index (Phi) is 4.15. The molecule has 2 aromatic rings. The Morgan fingerprint density at radius 1 is 1.26 bits per heavy atom. The summed E-state index contributed by atoms with van der Waals surface area (Å²) in [6, 6.07) is 7.55. The zero-order chi connectivity index (χ0) is 16.6. The number of hydrogen-bond donors (Lipinski definition) is 1. The molecule has 2 N–H and O–H groups in total. The standard InChI is InChI=1S/C18H23F2N3/c1-18(2,12-21)23-10-4-6-17(23)22-9-3-5-16(22)14-11-13(19)7-8-15(14)20/h4,6-8,10-11,16H,3,5,9,12,21H2,1-2H3/t16-/m1/s1. The summed E-state index contributed by atoms with van der Waals surface area (Å²) in [6.07, 6.45) is 3.77. The van der Waals surface area contributed by atoms with Crippen LogP contribution in [0.2, 0.25) is 0 Å². The van der Waals surface area contributed by atoms with E-state index in [4.69, 9.17) is 5.73 Å². The van der Waals surface area contributed by atoms with Crippen LogP contribution in [0, 0.1) is 11.6 Å². The summed E-state index contributed by atoms with van der Waals surface area (Å²) >= 11 is 0. The van der Waals surface area contributed by atoms with Crippen LogP contribution in [-0.4, -0.2) is 17.7 Å². The average Bonchev–Trinajstić information content (AvgIpc) is 3.17. The molecule has 1 saturated heterocycles. The van der Waals surface area contributed by atoms with Gasteiger partial charge < -0.3 is 15.2 Å². The molecule has 1 aromatic carbocycles. The van der Waals surface area contributed by atoms with Gasteiger partial charge in [-0.15, -0.1) is 0 Å². The molecule has 0 radical (unpaired) electrons. The van der Waals surface area contributed by atoms with E-state index in [1.165, 1.54) is 18.2 Å². The van der Waals surface area contributed by atoms with Gasteiger partial charge in [-0.2, -0.15) is 0 Å². The number of hydrogen-bond acceptors (Lipinski definition) is 2. The van der Waals surface area contributed by atoms with Crippen LogP contribution >= 0.6 is 0 Å². The normalized spacial score (nSPS) is 18.7. The predicted molar refractivity (Wildman–Crippen MR) is 88.5 cm³/mol. The molecule has 23 heavy (non-hydrogen) atoms. The molecule has 1 aromatic heterocycles. The summed E-state index contributed by atoms with van der Waals surface area (Å²) in [7, 11) is 0. The molecule has 0 spiro atoms. The molecule has 0 amide bonds. The molecule has 3 rings (SSSR count). The smallest absolute Gasteiger partial charge is 0.128 e. The van der Waals surface area contributed by atoms with E-state index in [1.54, 1.807) is 0 Å². The molecular weight excluding hydrogens is 296 g/mol. The minimum absolute atomic E-state index is 0.145. The van der Waals surface area contributed by atoms with Crippen molar-refractivity contribution in [3.63, 3.8) is 0 Å². The van der Waals surface area contributed by atoms with Crippen molar-refractivity contribution in [2.45, 2.75) is 38.3 Å².